The summed E-state index contributed by atoms with van der Waals surface area (Å²) in [5, 5.41) is -0.140. The molecule has 1 heterocycles. The molecule has 0 N–H and O–H groups in total. The maximum Gasteiger partial charge on any atom is 0.418 e. The van der Waals surface area contributed by atoms with E-state index in [4.69, 9.17) is 4.74 Å². The number of thioether (sulfide) groups is 1. The van der Waals surface area contributed by atoms with Crippen LogP contribution in [0.15, 0.2) is 52.4 Å². The molecule has 0 aliphatic carbocycles. The van der Waals surface area contributed by atoms with E-state index in [2.05, 4.69) is 4.98 Å². The summed E-state index contributed by atoms with van der Waals surface area (Å²) >= 11 is 0.967. The van der Waals surface area contributed by atoms with Crippen LogP contribution in [0.3, 0.4) is 0 Å². The Bertz CT molecular complexity index is 1140. The summed E-state index contributed by atoms with van der Waals surface area (Å²) in [6, 6.07) is 6.98. The van der Waals surface area contributed by atoms with E-state index in [1.807, 2.05) is 0 Å². The highest BCUT2D eigenvalue weighted by atomic mass is 32.2. The van der Waals surface area contributed by atoms with E-state index >= 15 is 0 Å². The van der Waals surface area contributed by atoms with Crippen molar-refractivity contribution in [2.24, 2.45) is 0 Å². The molecule has 0 amide bonds. The number of aromatic nitrogens is 2. The number of ether oxygens (including phenoxy) is 1. The van der Waals surface area contributed by atoms with Gasteiger partial charge in [-0.3, -0.25) is 9.36 Å². The molecule has 0 radical (unpaired) electrons. The van der Waals surface area contributed by atoms with Crippen molar-refractivity contribution >= 4 is 22.7 Å². The highest BCUT2D eigenvalue weighted by Gasteiger charge is 2.38. The Balaban J connectivity index is 2.31. The number of hydrogen-bond donors (Lipinski definition) is 0. The van der Waals surface area contributed by atoms with Gasteiger partial charge in [-0.25, -0.2) is 4.98 Å². The zero-order valence-electron chi connectivity index (χ0n) is 16.0. The summed E-state index contributed by atoms with van der Waals surface area (Å²) in [7, 11) is 1.48. The number of halogens is 6. The normalized spacial score (nSPS) is 12.5. The molecule has 11 heteroatoms. The Labute approximate surface area is 176 Å². The quantitative estimate of drug-likeness (QED) is 0.209. The third-order valence-corrected chi connectivity index (χ3v) is 5.37. The van der Waals surface area contributed by atoms with Crippen molar-refractivity contribution in [3.05, 3.63) is 63.9 Å². The van der Waals surface area contributed by atoms with Gasteiger partial charge in [-0.1, -0.05) is 23.9 Å². The van der Waals surface area contributed by atoms with E-state index in [1.54, 1.807) is 6.07 Å². The first-order valence-electron chi connectivity index (χ1n) is 8.96. The van der Waals surface area contributed by atoms with Gasteiger partial charge in [0, 0.05) is 19.5 Å². The predicted molar refractivity (Wildman–Crippen MR) is 105 cm³/mol. The van der Waals surface area contributed by atoms with Crippen LogP contribution in [-0.2, 0) is 17.1 Å². The van der Waals surface area contributed by atoms with Gasteiger partial charge in [-0.15, -0.1) is 0 Å². The fourth-order valence-corrected chi connectivity index (χ4v) is 3.84. The molecule has 4 nitrogen and oxygen atoms in total. The number of hydrogen-bond acceptors (Lipinski definition) is 4. The fourth-order valence-electron chi connectivity index (χ4n) is 2.92. The summed E-state index contributed by atoms with van der Waals surface area (Å²) in [6.45, 7) is 0.363. The lowest BCUT2D eigenvalue weighted by Crippen LogP contribution is -2.25. The van der Waals surface area contributed by atoms with Crippen LogP contribution >= 0.6 is 11.8 Å². The number of benzene rings is 2. The van der Waals surface area contributed by atoms with Gasteiger partial charge < -0.3 is 4.74 Å². The minimum Gasteiger partial charge on any atom is -0.385 e. The summed E-state index contributed by atoms with van der Waals surface area (Å²) < 4.78 is 86.2. The average Bonchev–Trinajstić information content (AvgIpc) is 2.70. The largest absolute Gasteiger partial charge is 0.418 e. The van der Waals surface area contributed by atoms with Gasteiger partial charge in [0.25, 0.3) is 5.56 Å². The summed E-state index contributed by atoms with van der Waals surface area (Å²) in [5.74, 6) is 0.332. The molecule has 166 valence electrons. The molecule has 0 unspecified atom stereocenters. The second kappa shape index (κ2) is 8.91. The van der Waals surface area contributed by atoms with E-state index in [0.29, 0.717) is 41.5 Å². The van der Waals surface area contributed by atoms with Gasteiger partial charge in [0.15, 0.2) is 5.16 Å². The van der Waals surface area contributed by atoms with Crippen molar-refractivity contribution in [2.75, 3.05) is 19.5 Å². The molecule has 3 aromatic rings. The number of alkyl halides is 6. The van der Waals surface area contributed by atoms with E-state index in [1.165, 1.54) is 25.3 Å². The lowest BCUT2D eigenvalue weighted by atomic mass is 10.1. The molecule has 0 saturated carbocycles. The smallest absolute Gasteiger partial charge is 0.385 e. The van der Waals surface area contributed by atoms with Crippen LogP contribution in [0, 0.1) is 0 Å². The number of rotatable bonds is 6. The molecule has 31 heavy (non-hydrogen) atoms. The Kier molecular flexibility index (Phi) is 6.65. The van der Waals surface area contributed by atoms with Crippen LogP contribution in [0.1, 0.15) is 17.5 Å². The van der Waals surface area contributed by atoms with Crippen molar-refractivity contribution in [3.8, 4) is 5.69 Å². The first-order chi connectivity index (χ1) is 14.5. The van der Waals surface area contributed by atoms with Crippen molar-refractivity contribution in [2.45, 2.75) is 23.9 Å². The van der Waals surface area contributed by atoms with Gasteiger partial charge in [0.2, 0.25) is 0 Å². The molecule has 0 aliphatic heterocycles. The standard InChI is InChI=1S/C20H16F6N2O2S/c1-30-9-4-10-31-18-27-15-6-3-2-5-13(15)17(29)28(18)16-11-12(19(21,22)23)7-8-14(16)20(24,25)26/h2-3,5-8,11H,4,9-10H2,1H3. The van der Waals surface area contributed by atoms with Crippen LogP contribution in [0.5, 0.6) is 0 Å². The molecule has 0 atom stereocenters. The van der Waals surface area contributed by atoms with E-state index in [9.17, 15) is 31.1 Å². The van der Waals surface area contributed by atoms with Crippen molar-refractivity contribution < 1.29 is 31.1 Å². The van der Waals surface area contributed by atoms with Crippen LogP contribution in [-0.4, -0.2) is 29.0 Å². The zero-order chi connectivity index (χ0) is 22.8. The van der Waals surface area contributed by atoms with Crippen LogP contribution in [0.25, 0.3) is 16.6 Å². The topological polar surface area (TPSA) is 44.1 Å². The Hall–Kier alpha value is -2.53. The van der Waals surface area contributed by atoms with Gasteiger partial charge >= 0.3 is 12.4 Å². The molecular formula is C20H16F6N2O2S. The van der Waals surface area contributed by atoms with Crippen molar-refractivity contribution in [3.63, 3.8) is 0 Å². The maximum absolute atomic E-state index is 13.7. The van der Waals surface area contributed by atoms with Crippen LogP contribution in [0.4, 0.5) is 26.3 Å². The Morgan fingerprint density at radius 2 is 1.74 bits per heavy atom. The fraction of sp³-hybridized carbons (Fsp3) is 0.300. The Morgan fingerprint density at radius 1 is 1.03 bits per heavy atom. The second-order valence-electron chi connectivity index (χ2n) is 6.47. The Morgan fingerprint density at radius 3 is 2.39 bits per heavy atom. The zero-order valence-corrected chi connectivity index (χ0v) is 16.9. The molecule has 3 rings (SSSR count). The summed E-state index contributed by atoms with van der Waals surface area (Å²) in [4.78, 5) is 17.4. The molecular weight excluding hydrogens is 446 g/mol. The van der Waals surface area contributed by atoms with Gasteiger partial charge in [-0.05, 0) is 36.8 Å². The SMILES string of the molecule is COCCCSc1nc2ccccc2c(=O)n1-c1cc(C(F)(F)F)ccc1C(F)(F)F. The number of fused-ring (bicyclic) bond motifs is 1. The predicted octanol–water partition coefficient (Wildman–Crippen LogP) is 5.55. The van der Waals surface area contributed by atoms with Crippen LogP contribution in [0.2, 0.25) is 0 Å². The minimum absolute atomic E-state index is 0.00530. The van der Waals surface area contributed by atoms with Gasteiger partial charge in [0.1, 0.15) is 0 Å². The first-order valence-corrected chi connectivity index (χ1v) is 9.95. The summed E-state index contributed by atoms with van der Waals surface area (Å²) in [5.41, 5.74) is -4.23. The number of para-hydroxylation sites is 1. The van der Waals surface area contributed by atoms with Crippen molar-refractivity contribution in [1.29, 1.82) is 0 Å². The molecule has 0 fully saturated rings. The molecule has 0 aliphatic rings. The molecule has 1 aromatic heterocycles. The average molecular weight is 462 g/mol. The maximum atomic E-state index is 13.7. The lowest BCUT2D eigenvalue weighted by molar-refractivity contribution is -0.141. The first kappa shape index (κ1) is 23.1. The van der Waals surface area contributed by atoms with E-state index in [0.717, 1.165) is 11.8 Å². The van der Waals surface area contributed by atoms with E-state index < -0.39 is 34.7 Å². The summed E-state index contributed by atoms with van der Waals surface area (Å²) in [6.07, 6.45) is -9.38. The highest BCUT2D eigenvalue weighted by molar-refractivity contribution is 7.99. The number of nitrogens with zero attached hydrogens (tertiary/aromatic N) is 2. The molecule has 2 aromatic carbocycles. The highest BCUT2D eigenvalue weighted by Crippen LogP contribution is 2.38. The van der Waals surface area contributed by atoms with E-state index in [-0.39, 0.29) is 16.1 Å². The third-order valence-electron chi connectivity index (χ3n) is 4.34. The molecule has 0 saturated heterocycles. The second-order valence-corrected chi connectivity index (χ2v) is 7.54. The van der Waals surface area contributed by atoms with Gasteiger partial charge in [0.05, 0.1) is 27.7 Å². The molecule has 0 bridgehead atoms. The number of methoxy groups -OCH3 is 1. The lowest BCUT2D eigenvalue weighted by Gasteiger charge is -2.19. The minimum atomic E-state index is -4.98. The third kappa shape index (κ3) is 5.04. The van der Waals surface area contributed by atoms with Crippen LogP contribution < -0.4 is 5.56 Å². The van der Waals surface area contributed by atoms with Crippen molar-refractivity contribution in [1.82, 2.24) is 9.55 Å². The molecule has 0 spiro atoms. The van der Waals surface area contributed by atoms with Gasteiger partial charge in [-0.2, -0.15) is 26.3 Å². The monoisotopic (exact) mass is 462 g/mol.